The molecular weight excluding hydrogens is 220 g/mol. The minimum absolute atomic E-state index is 0.215. The largest absolute Gasteiger partial charge is 0.299 e. The first kappa shape index (κ1) is 12.0. The molecule has 1 fully saturated rings. The minimum Gasteiger partial charge on any atom is -0.299 e. The lowest BCUT2D eigenvalue weighted by atomic mass is 9.57. The molecule has 5 unspecified atom stereocenters. The second kappa shape index (κ2) is 4.22. The molecule has 0 heterocycles. The number of ketones is 1. The number of carbonyl (C=O) groups excluding carboxylic acids is 1. The zero-order chi connectivity index (χ0) is 12.9. The third-order valence-electron chi connectivity index (χ3n) is 5.52. The molecule has 0 amide bonds. The van der Waals surface area contributed by atoms with E-state index in [1.165, 1.54) is 17.5 Å². The predicted molar refractivity (Wildman–Crippen MR) is 73.5 cm³/mol. The molecule has 18 heavy (non-hydrogen) atoms. The summed E-state index contributed by atoms with van der Waals surface area (Å²) in [6.07, 6.45) is 2.34. The second-order valence-electron chi connectivity index (χ2n) is 6.27. The Kier molecular flexibility index (Phi) is 2.80. The van der Waals surface area contributed by atoms with E-state index in [0.29, 0.717) is 23.5 Å². The van der Waals surface area contributed by atoms with E-state index in [9.17, 15) is 4.79 Å². The molecule has 1 nitrogen and oxygen atoms in total. The van der Waals surface area contributed by atoms with Gasteiger partial charge < -0.3 is 0 Å². The van der Waals surface area contributed by atoms with Crippen LogP contribution in [-0.2, 0) is 11.2 Å². The van der Waals surface area contributed by atoms with E-state index >= 15 is 0 Å². The molecular formula is C17H22O. The van der Waals surface area contributed by atoms with E-state index in [-0.39, 0.29) is 11.8 Å². The maximum Gasteiger partial charge on any atom is 0.139 e. The normalized spacial score (nSPS) is 39.1. The molecule has 5 atom stereocenters. The van der Waals surface area contributed by atoms with Gasteiger partial charge in [-0.1, -0.05) is 45.0 Å². The molecule has 2 aliphatic rings. The predicted octanol–water partition coefficient (Wildman–Crippen LogP) is 3.82. The smallest absolute Gasteiger partial charge is 0.139 e. The topological polar surface area (TPSA) is 17.1 Å². The Bertz CT molecular complexity index is 476. The van der Waals surface area contributed by atoms with E-state index in [2.05, 4.69) is 45.0 Å². The van der Waals surface area contributed by atoms with Gasteiger partial charge in [-0.05, 0) is 41.7 Å². The van der Waals surface area contributed by atoms with Gasteiger partial charge in [0, 0.05) is 11.8 Å². The first-order valence-electron chi connectivity index (χ1n) is 7.22. The summed E-state index contributed by atoms with van der Waals surface area (Å²) < 4.78 is 0. The molecule has 0 bridgehead atoms. The Morgan fingerprint density at radius 2 is 1.78 bits per heavy atom. The van der Waals surface area contributed by atoms with Crippen molar-refractivity contribution in [2.24, 2.45) is 23.7 Å². The summed E-state index contributed by atoms with van der Waals surface area (Å²) in [5.74, 6) is 2.60. The number of hydrogen-bond acceptors (Lipinski definition) is 1. The van der Waals surface area contributed by atoms with Crippen molar-refractivity contribution in [1.82, 2.24) is 0 Å². The van der Waals surface area contributed by atoms with Crippen LogP contribution in [-0.4, -0.2) is 5.78 Å². The second-order valence-corrected chi connectivity index (χ2v) is 6.27. The van der Waals surface area contributed by atoms with Gasteiger partial charge in [-0.15, -0.1) is 0 Å². The van der Waals surface area contributed by atoms with Crippen molar-refractivity contribution < 1.29 is 4.79 Å². The summed E-state index contributed by atoms with van der Waals surface area (Å²) >= 11 is 0. The van der Waals surface area contributed by atoms with E-state index in [4.69, 9.17) is 0 Å². The first-order valence-corrected chi connectivity index (χ1v) is 7.22. The van der Waals surface area contributed by atoms with Crippen molar-refractivity contribution in [3.8, 4) is 0 Å². The summed E-state index contributed by atoms with van der Waals surface area (Å²) in [6.45, 7) is 6.54. The molecule has 0 N–H and O–H groups in total. The summed E-state index contributed by atoms with van der Waals surface area (Å²) in [5, 5.41) is 0. The first-order chi connectivity index (χ1) is 8.61. The third kappa shape index (κ3) is 1.56. The van der Waals surface area contributed by atoms with Gasteiger partial charge >= 0.3 is 0 Å². The van der Waals surface area contributed by atoms with Crippen LogP contribution in [0, 0.1) is 23.7 Å². The summed E-state index contributed by atoms with van der Waals surface area (Å²) in [5.41, 5.74) is 3.03. The van der Waals surface area contributed by atoms with E-state index < -0.39 is 0 Å². The summed E-state index contributed by atoms with van der Waals surface area (Å²) in [4.78, 5) is 12.3. The molecule has 1 heteroatoms. The molecule has 2 aliphatic carbocycles. The Balaban J connectivity index is 2.07. The fourth-order valence-electron chi connectivity index (χ4n) is 4.25. The number of rotatable bonds is 0. The number of carbonyl (C=O) groups is 1. The highest BCUT2D eigenvalue weighted by Gasteiger charge is 2.46. The molecule has 1 aromatic rings. The molecule has 0 saturated heterocycles. The van der Waals surface area contributed by atoms with Gasteiger partial charge in [-0.25, -0.2) is 0 Å². The molecule has 0 spiro atoms. The zero-order valence-corrected chi connectivity index (χ0v) is 11.5. The molecule has 1 saturated carbocycles. The van der Waals surface area contributed by atoms with Crippen molar-refractivity contribution in [3.05, 3.63) is 35.4 Å². The van der Waals surface area contributed by atoms with Gasteiger partial charge in [0.2, 0.25) is 0 Å². The lowest BCUT2D eigenvalue weighted by molar-refractivity contribution is -0.134. The maximum absolute atomic E-state index is 12.3. The molecule has 3 rings (SSSR count). The lowest BCUT2D eigenvalue weighted by Crippen LogP contribution is -2.44. The van der Waals surface area contributed by atoms with Crippen molar-refractivity contribution in [2.75, 3.05) is 0 Å². The van der Waals surface area contributed by atoms with Gasteiger partial charge in [0.25, 0.3) is 0 Å². The van der Waals surface area contributed by atoms with Crippen LogP contribution in [0.1, 0.15) is 44.2 Å². The van der Waals surface area contributed by atoms with Crippen molar-refractivity contribution in [2.45, 2.75) is 39.5 Å². The number of fused-ring (bicyclic) bond motifs is 3. The van der Waals surface area contributed by atoms with Crippen LogP contribution in [0.5, 0.6) is 0 Å². The fourth-order valence-corrected chi connectivity index (χ4v) is 4.25. The van der Waals surface area contributed by atoms with Gasteiger partial charge in [0.05, 0.1) is 0 Å². The SMILES string of the molecule is CC1C(=O)C(C)C2CCc3ccccc3C2C1C. The quantitative estimate of drug-likeness (QED) is 0.676. The molecule has 1 aromatic carbocycles. The molecule has 0 radical (unpaired) electrons. The average molecular weight is 242 g/mol. The van der Waals surface area contributed by atoms with E-state index in [0.717, 1.165) is 6.42 Å². The minimum atomic E-state index is 0.215. The Morgan fingerprint density at radius 1 is 1.06 bits per heavy atom. The number of Topliss-reactive ketones (excluding diaryl/α,β-unsaturated/α-hetero) is 1. The van der Waals surface area contributed by atoms with Gasteiger partial charge in [-0.2, -0.15) is 0 Å². The van der Waals surface area contributed by atoms with Crippen LogP contribution in [0.3, 0.4) is 0 Å². The average Bonchev–Trinajstić information content (AvgIpc) is 2.41. The van der Waals surface area contributed by atoms with Crippen LogP contribution in [0.2, 0.25) is 0 Å². The highest BCUT2D eigenvalue weighted by atomic mass is 16.1. The highest BCUT2D eigenvalue weighted by Crippen LogP contribution is 2.50. The molecule has 96 valence electrons. The van der Waals surface area contributed by atoms with Gasteiger partial charge in [-0.3, -0.25) is 4.79 Å². The number of benzene rings is 1. The van der Waals surface area contributed by atoms with Crippen molar-refractivity contribution in [1.29, 1.82) is 0 Å². The highest BCUT2D eigenvalue weighted by molar-refractivity contribution is 5.84. The summed E-state index contributed by atoms with van der Waals surface area (Å²) in [6, 6.07) is 8.85. The Morgan fingerprint density at radius 3 is 2.56 bits per heavy atom. The van der Waals surface area contributed by atoms with Crippen molar-refractivity contribution >= 4 is 5.78 Å². The fraction of sp³-hybridized carbons (Fsp3) is 0.588. The van der Waals surface area contributed by atoms with Crippen molar-refractivity contribution in [3.63, 3.8) is 0 Å². The van der Waals surface area contributed by atoms with E-state index in [1.54, 1.807) is 0 Å². The van der Waals surface area contributed by atoms with E-state index in [1.807, 2.05) is 0 Å². The Labute approximate surface area is 110 Å². The lowest BCUT2D eigenvalue weighted by Gasteiger charge is -2.46. The third-order valence-corrected chi connectivity index (χ3v) is 5.52. The van der Waals surface area contributed by atoms with Crippen LogP contribution in [0.15, 0.2) is 24.3 Å². The Hall–Kier alpha value is -1.11. The van der Waals surface area contributed by atoms with Gasteiger partial charge in [0.15, 0.2) is 0 Å². The number of hydrogen-bond donors (Lipinski definition) is 0. The zero-order valence-electron chi connectivity index (χ0n) is 11.5. The molecule has 0 aromatic heterocycles. The maximum atomic E-state index is 12.3. The molecule has 0 aliphatic heterocycles. The monoisotopic (exact) mass is 242 g/mol. The van der Waals surface area contributed by atoms with Crippen LogP contribution in [0.25, 0.3) is 0 Å². The van der Waals surface area contributed by atoms with Gasteiger partial charge in [0.1, 0.15) is 5.78 Å². The summed E-state index contributed by atoms with van der Waals surface area (Å²) in [7, 11) is 0. The van der Waals surface area contributed by atoms with Crippen LogP contribution < -0.4 is 0 Å². The number of aryl methyl sites for hydroxylation is 1. The van der Waals surface area contributed by atoms with Crippen LogP contribution >= 0.6 is 0 Å². The standard InChI is InChI=1S/C17H22O/c1-10-11(2)17(18)12(3)14-9-8-13-6-4-5-7-15(13)16(10)14/h4-7,10-12,14,16H,8-9H2,1-3H3. The van der Waals surface area contributed by atoms with Crippen LogP contribution in [0.4, 0.5) is 0 Å².